The molecule has 2 aliphatic rings. The molecular weight excluding hydrogens is 408 g/mol. The lowest BCUT2D eigenvalue weighted by Crippen LogP contribution is -2.49. The third-order valence-electron chi connectivity index (χ3n) is 6.47. The smallest absolute Gasteiger partial charge is 0.108 e. The second kappa shape index (κ2) is 16.0. The first-order chi connectivity index (χ1) is 16.3. The molecule has 0 spiro atoms. The maximum Gasteiger partial charge on any atom is 0.108 e. The molecule has 1 aliphatic heterocycles. The van der Waals surface area contributed by atoms with Crippen LogP contribution in [0.1, 0.15) is 64.2 Å². The van der Waals surface area contributed by atoms with Crippen molar-refractivity contribution in [2.75, 3.05) is 45.9 Å². The molecule has 1 N–H and O–H groups in total. The minimum absolute atomic E-state index is 0.0115. The van der Waals surface area contributed by atoms with Gasteiger partial charge >= 0.3 is 0 Å². The first-order valence-electron chi connectivity index (χ1n) is 13.1. The van der Waals surface area contributed by atoms with E-state index in [1.54, 1.807) is 0 Å². The summed E-state index contributed by atoms with van der Waals surface area (Å²) in [7, 11) is 0. The second-order valence-electron chi connectivity index (χ2n) is 8.47. The van der Waals surface area contributed by atoms with Crippen LogP contribution in [0.15, 0.2) is 60.7 Å². The highest BCUT2D eigenvalue weighted by Crippen LogP contribution is 2.27. The van der Waals surface area contributed by atoms with E-state index in [-0.39, 0.29) is 12.2 Å². The van der Waals surface area contributed by atoms with Gasteiger partial charge in [-0.1, -0.05) is 94.8 Å². The molecule has 184 valence electrons. The molecule has 0 bridgehead atoms. The molecule has 2 fully saturated rings. The summed E-state index contributed by atoms with van der Waals surface area (Å²) in [6.45, 7) is 15.1. The first-order valence-corrected chi connectivity index (χ1v) is 13.1. The number of aliphatic hydroxyl groups excluding tert-OH is 1. The predicted octanol–water partition coefficient (Wildman–Crippen LogP) is 5.62. The zero-order valence-electron chi connectivity index (χ0n) is 21.3. The van der Waals surface area contributed by atoms with Crippen molar-refractivity contribution < 1.29 is 9.84 Å². The van der Waals surface area contributed by atoms with Crippen LogP contribution in [0.3, 0.4) is 0 Å². The highest BCUT2D eigenvalue weighted by molar-refractivity contribution is 5.29. The number of aliphatic hydroxyl groups is 1. The van der Waals surface area contributed by atoms with Crippen molar-refractivity contribution in [2.45, 2.75) is 59.2 Å². The Morgan fingerprint density at radius 1 is 0.788 bits per heavy atom. The van der Waals surface area contributed by atoms with E-state index < -0.39 is 0 Å². The van der Waals surface area contributed by atoms with Gasteiger partial charge < -0.3 is 14.7 Å². The number of rotatable bonds is 8. The molecule has 0 amide bonds. The SMILES string of the molecule is CC.CC.OC1CCCC1CN1CCN(CCOC(c2ccccc2)c2ccccc2)CC1. The Morgan fingerprint density at radius 3 is 1.79 bits per heavy atom. The third kappa shape index (κ3) is 8.86. The van der Waals surface area contributed by atoms with Gasteiger partial charge in [-0.05, 0) is 29.9 Å². The molecule has 1 saturated heterocycles. The van der Waals surface area contributed by atoms with Crippen molar-refractivity contribution in [1.29, 1.82) is 0 Å². The van der Waals surface area contributed by atoms with Crippen molar-refractivity contribution in [3.8, 4) is 0 Å². The van der Waals surface area contributed by atoms with E-state index in [2.05, 4.69) is 70.5 Å². The molecule has 4 rings (SSSR count). The Balaban J connectivity index is 0.000000914. The van der Waals surface area contributed by atoms with E-state index >= 15 is 0 Å². The van der Waals surface area contributed by atoms with Crippen LogP contribution in [0.4, 0.5) is 0 Å². The molecule has 33 heavy (non-hydrogen) atoms. The fraction of sp³-hybridized carbons (Fsp3) is 0.586. The lowest BCUT2D eigenvalue weighted by molar-refractivity contribution is 0.0371. The molecular formula is C29H46N2O2. The third-order valence-corrected chi connectivity index (χ3v) is 6.47. The number of nitrogens with zero attached hydrogens (tertiary/aromatic N) is 2. The fourth-order valence-electron chi connectivity index (χ4n) is 4.70. The lowest BCUT2D eigenvalue weighted by Gasteiger charge is -2.36. The molecule has 1 aliphatic carbocycles. The van der Waals surface area contributed by atoms with Crippen LogP contribution >= 0.6 is 0 Å². The quantitative estimate of drug-likeness (QED) is 0.561. The summed E-state index contributed by atoms with van der Waals surface area (Å²) in [4.78, 5) is 5.04. The van der Waals surface area contributed by atoms with Crippen molar-refractivity contribution in [3.05, 3.63) is 71.8 Å². The average Bonchev–Trinajstić information content (AvgIpc) is 3.30. The number of ether oxygens (including phenoxy) is 1. The number of hydrogen-bond donors (Lipinski definition) is 1. The average molecular weight is 455 g/mol. The summed E-state index contributed by atoms with van der Waals surface area (Å²) in [6.07, 6.45) is 3.28. The molecule has 2 atom stereocenters. The summed E-state index contributed by atoms with van der Waals surface area (Å²) < 4.78 is 6.38. The molecule has 1 heterocycles. The van der Waals surface area contributed by atoms with Gasteiger partial charge in [0.1, 0.15) is 6.10 Å². The van der Waals surface area contributed by atoms with Gasteiger partial charge in [-0.3, -0.25) is 4.90 Å². The Bertz CT molecular complexity index is 677. The number of hydrogen-bond acceptors (Lipinski definition) is 4. The maximum atomic E-state index is 10.1. The van der Waals surface area contributed by atoms with E-state index in [0.717, 1.165) is 52.3 Å². The van der Waals surface area contributed by atoms with Crippen molar-refractivity contribution in [1.82, 2.24) is 9.80 Å². The molecule has 4 nitrogen and oxygen atoms in total. The molecule has 2 aromatic carbocycles. The highest BCUT2D eigenvalue weighted by Gasteiger charge is 2.28. The molecule has 2 unspecified atom stereocenters. The van der Waals surface area contributed by atoms with Crippen LogP contribution in [0.2, 0.25) is 0 Å². The van der Waals surface area contributed by atoms with E-state index in [1.165, 1.54) is 24.0 Å². The molecule has 0 radical (unpaired) electrons. The highest BCUT2D eigenvalue weighted by atomic mass is 16.5. The van der Waals surface area contributed by atoms with Crippen LogP contribution in [0.5, 0.6) is 0 Å². The summed E-state index contributed by atoms with van der Waals surface area (Å²) in [5, 5.41) is 10.1. The van der Waals surface area contributed by atoms with Crippen LogP contribution in [-0.4, -0.2) is 66.9 Å². The lowest BCUT2D eigenvalue weighted by atomic mass is 10.0. The van der Waals surface area contributed by atoms with Crippen LogP contribution in [-0.2, 0) is 4.74 Å². The topological polar surface area (TPSA) is 35.9 Å². The van der Waals surface area contributed by atoms with Crippen molar-refractivity contribution in [2.24, 2.45) is 5.92 Å². The van der Waals surface area contributed by atoms with Gasteiger partial charge in [0.15, 0.2) is 0 Å². The van der Waals surface area contributed by atoms with E-state index in [4.69, 9.17) is 4.74 Å². The number of piperazine rings is 1. The van der Waals surface area contributed by atoms with Crippen molar-refractivity contribution >= 4 is 0 Å². The Kier molecular flexibility index (Phi) is 13.3. The molecule has 4 heteroatoms. The largest absolute Gasteiger partial charge is 0.393 e. The van der Waals surface area contributed by atoms with Gasteiger partial charge in [0.25, 0.3) is 0 Å². The van der Waals surface area contributed by atoms with E-state index in [0.29, 0.717) is 5.92 Å². The summed E-state index contributed by atoms with van der Waals surface area (Å²) in [6, 6.07) is 21.0. The van der Waals surface area contributed by atoms with E-state index in [9.17, 15) is 5.11 Å². The van der Waals surface area contributed by atoms with Gasteiger partial charge in [0.05, 0.1) is 12.7 Å². The monoisotopic (exact) mass is 454 g/mol. The van der Waals surface area contributed by atoms with Gasteiger partial charge in [-0.15, -0.1) is 0 Å². The van der Waals surface area contributed by atoms with Gasteiger partial charge in [0.2, 0.25) is 0 Å². The molecule has 2 aromatic rings. The van der Waals surface area contributed by atoms with Crippen LogP contribution in [0, 0.1) is 5.92 Å². The zero-order chi connectivity index (χ0) is 23.9. The summed E-state index contributed by atoms with van der Waals surface area (Å²) in [5.74, 6) is 0.488. The minimum atomic E-state index is -0.0747. The van der Waals surface area contributed by atoms with Crippen molar-refractivity contribution in [3.63, 3.8) is 0 Å². The second-order valence-corrected chi connectivity index (χ2v) is 8.47. The van der Waals surface area contributed by atoms with Crippen LogP contribution < -0.4 is 0 Å². The fourth-order valence-corrected chi connectivity index (χ4v) is 4.70. The standard InChI is InChI=1S/C25H34N2O2.2C2H6/c28-24-13-7-12-23(24)20-27-16-14-26(15-17-27)18-19-29-25(21-8-3-1-4-9-21)22-10-5-2-6-11-22;2*1-2/h1-6,8-11,23-25,28H,7,12-20H2;2*1-2H3. The van der Waals surface area contributed by atoms with Gasteiger partial charge in [0, 0.05) is 39.3 Å². The summed E-state index contributed by atoms with van der Waals surface area (Å²) in [5.41, 5.74) is 2.41. The number of benzene rings is 2. The van der Waals surface area contributed by atoms with Gasteiger partial charge in [-0.25, -0.2) is 0 Å². The Morgan fingerprint density at radius 2 is 1.30 bits per heavy atom. The van der Waals surface area contributed by atoms with E-state index in [1.807, 2.05) is 27.7 Å². The maximum absolute atomic E-state index is 10.1. The molecule has 0 aromatic heterocycles. The molecule has 1 saturated carbocycles. The first kappa shape index (κ1) is 27.5. The predicted molar refractivity (Wildman–Crippen MR) is 140 cm³/mol. The van der Waals surface area contributed by atoms with Gasteiger partial charge in [-0.2, -0.15) is 0 Å². The Hall–Kier alpha value is -1.72. The normalized spacial score (nSPS) is 21.2. The zero-order valence-corrected chi connectivity index (χ0v) is 21.3. The minimum Gasteiger partial charge on any atom is -0.393 e. The van der Waals surface area contributed by atoms with Crippen LogP contribution in [0.25, 0.3) is 0 Å². The Labute approximate surface area is 202 Å². The summed E-state index contributed by atoms with van der Waals surface area (Å²) >= 11 is 0.